The van der Waals surface area contributed by atoms with Crippen LogP contribution in [0.3, 0.4) is 0 Å². The van der Waals surface area contributed by atoms with Gasteiger partial charge in [-0.2, -0.15) is 5.10 Å². The highest BCUT2D eigenvalue weighted by molar-refractivity contribution is 5.79. The molecule has 1 aromatic rings. The topological polar surface area (TPSA) is 57.5 Å². The van der Waals surface area contributed by atoms with E-state index < -0.39 is 0 Å². The molecule has 1 aromatic heterocycles. The van der Waals surface area contributed by atoms with Crippen molar-refractivity contribution >= 4 is 5.96 Å². The highest BCUT2D eigenvalue weighted by atomic mass is 15.3. The monoisotopic (exact) mass is 348 g/mol. The SMILES string of the molecule is CN=C(NCCCn1cccn1)NCC(C)(C)N1CC(C)CC(C)C1. The molecule has 0 bridgehead atoms. The van der Waals surface area contributed by atoms with Gasteiger partial charge in [0.25, 0.3) is 0 Å². The van der Waals surface area contributed by atoms with Crippen LogP contribution in [0.1, 0.15) is 40.5 Å². The van der Waals surface area contributed by atoms with Gasteiger partial charge in [-0.15, -0.1) is 0 Å². The summed E-state index contributed by atoms with van der Waals surface area (Å²) in [6.45, 7) is 14.5. The lowest BCUT2D eigenvalue weighted by atomic mass is 9.88. The van der Waals surface area contributed by atoms with Crippen LogP contribution in [0.15, 0.2) is 23.5 Å². The summed E-state index contributed by atoms with van der Waals surface area (Å²) in [4.78, 5) is 6.98. The zero-order valence-electron chi connectivity index (χ0n) is 16.6. The van der Waals surface area contributed by atoms with Crippen LogP contribution < -0.4 is 10.6 Å². The van der Waals surface area contributed by atoms with Gasteiger partial charge in [-0.1, -0.05) is 13.8 Å². The number of aliphatic imine (C=N–C) groups is 1. The second-order valence-corrected chi connectivity index (χ2v) is 8.14. The molecule has 2 rings (SSSR count). The van der Waals surface area contributed by atoms with Crippen molar-refractivity contribution in [2.24, 2.45) is 16.8 Å². The maximum atomic E-state index is 4.35. The number of aryl methyl sites for hydroxylation is 1. The quantitative estimate of drug-likeness (QED) is 0.451. The fourth-order valence-corrected chi connectivity index (χ4v) is 3.67. The van der Waals surface area contributed by atoms with Crippen LogP contribution in [-0.4, -0.2) is 59.4 Å². The Morgan fingerprint density at radius 3 is 2.56 bits per heavy atom. The highest BCUT2D eigenvalue weighted by Gasteiger charge is 2.32. The van der Waals surface area contributed by atoms with Gasteiger partial charge in [-0.25, -0.2) is 0 Å². The van der Waals surface area contributed by atoms with Crippen molar-refractivity contribution in [2.45, 2.75) is 52.6 Å². The predicted octanol–water partition coefficient (Wildman–Crippen LogP) is 2.19. The minimum absolute atomic E-state index is 0.121. The van der Waals surface area contributed by atoms with E-state index in [1.807, 2.05) is 30.2 Å². The van der Waals surface area contributed by atoms with Crippen LogP contribution in [0.4, 0.5) is 0 Å². The van der Waals surface area contributed by atoms with E-state index in [-0.39, 0.29) is 5.54 Å². The Morgan fingerprint density at radius 2 is 1.96 bits per heavy atom. The average Bonchev–Trinajstić information content (AvgIpc) is 3.06. The molecule has 2 unspecified atom stereocenters. The first kappa shape index (κ1) is 19.8. The van der Waals surface area contributed by atoms with Gasteiger partial charge < -0.3 is 10.6 Å². The molecular weight excluding hydrogens is 312 g/mol. The van der Waals surface area contributed by atoms with Crippen molar-refractivity contribution in [3.63, 3.8) is 0 Å². The summed E-state index contributed by atoms with van der Waals surface area (Å²) in [6, 6.07) is 1.96. The van der Waals surface area contributed by atoms with Crippen LogP contribution in [0, 0.1) is 11.8 Å². The standard InChI is InChI=1S/C19H36N6/c1-16-12-17(2)14-24(13-16)19(3,4)15-22-18(20-5)21-8-6-10-25-11-7-9-23-25/h7,9,11,16-17H,6,8,10,12-15H2,1-5H3,(H2,20,21,22). The molecule has 0 saturated carbocycles. The Labute approximate surface area is 153 Å². The minimum atomic E-state index is 0.121. The van der Waals surface area contributed by atoms with Crippen molar-refractivity contribution in [3.8, 4) is 0 Å². The van der Waals surface area contributed by atoms with Crippen molar-refractivity contribution in [2.75, 3.05) is 33.2 Å². The summed E-state index contributed by atoms with van der Waals surface area (Å²) in [6.07, 6.45) is 6.18. The molecule has 1 aliphatic heterocycles. The van der Waals surface area contributed by atoms with Gasteiger partial charge >= 0.3 is 0 Å². The molecule has 0 aliphatic carbocycles. The summed E-state index contributed by atoms with van der Waals surface area (Å²) < 4.78 is 1.96. The Hall–Kier alpha value is -1.56. The van der Waals surface area contributed by atoms with Gasteiger partial charge in [-0.3, -0.25) is 14.6 Å². The summed E-state index contributed by atoms with van der Waals surface area (Å²) in [5, 5.41) is 11.1. The molecule has 1 saturated heterocycles. The van der Waals surface area contributed by atoms with E-state index in [0.29, 0.717) is 0 Å². The second kappa shape index (κ2) is 9.22. The summed E-state index contributed by atoms with van der Waals surface area (Å²) >= 11 is 0. The fourth-order valence-electron chi connectivity index (χ4n) is 3.67. The van der Waals surface area contributed by atoms with E-state index in [0.717, 1.165) is 43.9 Å². The molecule has 2 N–H and O–H groups in total. The molecular formula is C19H36N6. The van der Waals surface area contributed by atoms with E-state index in [9.17, 15) is 0 Å². The third kappa shape index (κ3) is 6.34. The molecule has 6 nitrogen and oxygen atoms in total. The zero-order valence-corrected chi connectivity index (χ0v) is 16.6. The molecule has 0 aromatic carbocycles. The number of guanidine groups is 1. The van der Waals surface area contributed by atoms with Gasteiger partial charge in [0.2, 0.25) is 0 Å². The Balaban J connectivity index is 1.73. The Kier molecular flexibility index (Phi) is 7.29. The maximum absolute atomic E-state index is 4.35. The zero-order chi connectivity index (χ0) is 18.3. The summed E-state index contributed by atoms with van der Waals surface area (Å²) in [7, 11) is 1.83. The van der Waals surface area contributed by atoms with Gasteiger partial charge in [0.15, 0.2) is 5.96 Å². The predicted molar refractivity (Wildman–Crippen MR) is 105 cm³/mol. The van der Waals surface area contributed by atoms with Crippen LogP contribution in [0.25, 0.3) is 0 Å². The van der Waals surface area contributed by atoms with Gasteiger partial charge in [0.1, 0.15) is 0 Å². The van der Waals surface area contributed by atoms with Crippen LogP contribution in [0.2, 0.25) is 0 Å². The molecule has 2 atom stereocenters. The Morgan fingerprint density at radius 1 is 1.24 bits per heavy atom. The van der Waals surface area contributed by atoms with Crippen LogP contribution in [-0.2, 0) is 6.54 Å². The highest BCUT2D eigenvalue weighted by Crippen LogP contribution is 2.26. The number of aromatic nitrogens is 2. The molecule has 0 radical (unpaired) electrons. The molecule has 0 amide bonds. The first-order valence-electron chi connectivity index (χ1n) is 9.57. The molecule has 0 spiro atoms. The lowest BCUT2D eigenvalue weighted by Gasteiger charge is -2.45. The first-order chi connectivity index (χ1) is 11.9. The largest absolute Gasteiger partial charge is 0.356 e. The van der Waals surface area contributed by atoms with Crippen LogP contribution >= 0.6 is 0 Å². The third-order valence-corrected chi connectivity index (χ3v) is 5.05. The second-order valence-electron chi connectivity index (χ2n) is 8.14. The molecule has 142 valence electrons. The van der Waals surface area contributed by atoms with E-state index in [4.69, 9.17) is 0 Å². The molecule has 1 fully saturated rings. The maximum Gasteiger partial charge on any atom is 0.191 e. The van der Waals surface area contributed by atoms with Gasteiger partial charge in [0, 0.05) is 57.7 Å². The van der Waals surface area contributed by atoms with Gasteiger partial charge in [0.05, 0.1) is 0 Å². The van der Waals surface area contributed by atoms with Crippen LogP contribution in [0.5, 0.6) is 0 Å². The van der Waals surface area contributed by atoms with E-state index >= 15 is 0 Å². The normalized spacial score (nSPS) is 22.8. The number of nitrogens with zero attached hydrogens (tertiary/aromatic N) is 4. The lowest BCUT2D eigenvalue weighted by molar-refractivity contribution is 0.0483. The van der Waals surface area contributed by atoms with Crippen molar-refractivity contribution in [3.05, 3.63) is 18.5 Å². The Bertz CT molecular complexity index is 512. The summed E-state index contributed by atoms with van der Waals surface area (Å²) in [5.41, 5.74) is 0.121. The van der Waals surface area contributed by atoms with Crippen molar-refractivity contribution in [1.82, 2.24) is 25.3 Å². The van der Waals surface area contributed by atoms with E-state index in [2.05, 4.69) is 53.3 Å². The number of likely N-dealkylation sites (tertiary alicyclic amines) is 1. The van der Waals surface area contributed by atoms with Gasteiger partial charge in [-0.05, 0) is 44.6 Å². The molecule has 6 heteroatoms. The molecule has 25 heavy (non-hydrogen) atoms. The number of rotatable bonds is 7. The number of piperidine rings is 1. The molecule has 1 aliphatic rings. The third-order valence-electron chi connectivity index (χ3n) is 5.05. The van der Waals surface area contributed by atoms with E-state index in [1.54, 1.807) is 0 Å². The number of hydrogen-bond donors (Lipinski definition) is 2. The van der Waals surface area contributed by atoms with Crippen molar-refractivity contribution < 1.29 is 0 Å². The minimum Gasteiger partial charge on any atom is -0.356 e. The number of hydrogen-bond acceptors (Lipinski definition) is 3. The first-order valence-corrected chi connectivity index (χ1v) is 9.57. The average molecular weight is 349 g/mol. The number of nitrogens with one attached hydrogen (secondary N) is 2. The summed E-state index contributed by atoms with van der Waals surface area (Å²) in [5.74, 6) is 2.44. The smallest absolute Gasteiger partial charge is 0.191 e. The lowest BCUT2D eigenvalue weighted by Crippen LogP contribution is -2.57. The van der Waals surface area contributed by atoms with E-state index in [1.165, 1.54) is 19.5 Å². The van der Waals surface area contributed by atoms with Crippen molar-refractivity contribution in [1.29, 1.82) is 0 Å². The fraction of sp³-hybridized carbons (Fsp3) is 0.789. The molecule has 2 heterocycles.